The first kappa shape index (κ1) is 18.1. The van der Waals surface area contributed by atoms with Crippen LogP contribution < -0.4 is 9.64 Å². The van der Waals surface area contributed by atoms with Gasteiger partial charge < -0.3 is 4.74 Å². The summed E-state index contributed by atoms with van der Waals surface area (Å²) in [6.07, 6.45) is 0. The fourth-order valence-corrected chi connectivity index (χ4v) is 3.88. The molecule has 0 aliphatic carbocycles. The Kier molecular flexibility index (Phi) is 5.04. The summed E-state index contributed by atoms with van der Waals surface area (Å²) in [5.41, 5.74) is 2.48. The lowest BCUT2D eigenvalue weighted by Crippen LogP contribution is -2.31. The maximum Gasteiger partial charge on any atom is 0.271 e. The Morgan fingerprint density at radius 2 is 1.75 bits per heavy atom. The Balaban J connectivity index is 1.69. The van der Waals surface area contributed by atoms with Crippen LogP contribution in [0, 0.1) is 12.7 Å². The third kappa shape index (κ3) is 3.59. The number of hydrogen-bond donors (Lipinski definition) is 0. The summed E-state index contributed by atoms with van der Waals surface area (Å²) >= 11 is 1.43. The number of hydrogen-bond acceptors (Lipinski definition) is 4. The van der Waals surface area contributed by atoms with Crippen molar-refractivity contribution in [2.45, 2.75) is 6.92 Å². The number of ether oxygens (including phenoxy) is 1. The number of carbonyl (C=O) groups excluding carboxylic acids is 1. The summed E-state index contributed by atoms with van der Waals surface area (Å²) in [6, 6.07) is 21.3. The predicted octanol–water partition coefficient (Wildman–Crippen LogP) is 5.49. The molecule has 0 bridgehead atoms. The molecule has 1 amide bonds. The van der Waals surface area contributed by atoms with Crippen molar-refractivity contribution in [1.29, 1.82) is 0 Å². The Hall–Kier alpha value is -3.25. The van der Waals surface area contributed by atoms with Gasteiger partial charge in [-0.2, -0.15) is 0 Å². The highest BCUT2D eigenvalue weighted by Gasteiger charge is 2.24. The van der Waals surface area contributed by atoms with Gasteiger partial charge in [-0.05, 0) is 42.8 Å². The van der Waals surface area contributed by atoms with Gasteiger partial charge in [-0.3, -0.25) is 9.69 Å². The van der Waals surface area contributed by atoms with Crippen LogP contribution >= 0.6 is 11.3 Å². The summed E-state index contributed by atoms with van der Waals surface area (Å²) < 4.78 is 20.3. The highest BCUT2D eigenvalue weighted by molar-refractivity contribution is 7.22. The van der Waals surface area contributed by atoms with Gasteiger partial charge in [0.05, 0.1) is 15.9 Å². The molecule has 4 rings (SSSR count). The predicted molar refractivity (Wildman–Crippen MR) is 110 cm³/mol. The Labute approximate surface area is 165 Å². The minimum Gasteiger partial charge on any atom is -0.481 e. The largest absolute Gasteiger partial charge is 0.481 e. The van der Waals surface area contributed by atoms with Crippen molar-refractivity contribution >= 4 is 38.3 Å². The van der Waals surface area contributed by atoms with Gasteiger partial charge in [-0.1, -0.05) is 53.8 Å². The monoisotopic (exact) mass is 392 g/mol. The average molecular weight is 392 g/mol. The van der Waals surface area contributed by atoms with E-state index in [0.29, 0.717) is 5.13 Å². The van der Waals surface area contributed by atoms with Gasteiger partial charge in [-0.25, -0.2) is 9.37 Å². The van der Waals surface area contributed by atoms with Gasteiger partial charge >= 0.3 is 0 Å². The number of thiazole rings is 1. The minimum atomic E-state index is -0.502. The zero-order valence-electron chi connectivity index (χ0n) is 15.1. The van der Waals surface area contributed by atoms with Crippen LogP contribution in [0.4, 0.5) is 15.2 Å². The number of para-hydroxylation sites is 3. The molecule has 0 saturated heterocycles. The van der Waals surface area contributed by atoms with E-state index in [1.54, 1.807) is 17.0 Å². The fourth-order valence-electron chi connectivity index (χ4n) is 2.88. The van der Waals surface area contributed by atoms with E-state index >= 15 is 0 Å². The molecule has 0 radical (unpaired) electrons. The molecule has 0 unspecified atom stereocenters. The molecule has 28 heavy (non-hydrogen) atoms. The molecule has 3 aromatic carbocycles. The number of halogens is 1. The topological polar surface area (TPSA) is 42.4 Å². The normalized spacial score (nSPS) is 10.8. The molecule has 140 valence electrons. The lowest BCUT2D eigenvalue weighted by molar-refractivity contribution is -0.119. The number of aromatic nitrogens is 1. The lowest BCUT2D eigenvalue weighted by atomic mass is 10.2. The van der Waals surface area contributed by atoms with Crippen LogP contribution in [0.1, 0.15) is 5.56 Å². The number of amides is 1. The van der Waals surface area contributed by atoms with Gasteiger partial charge in [-0.15, -0.1) is 0 Å². The molecule has 0 fully saturated rings. The summed E-state index contributed by atoms with van der Waals surface area (Å²) in [4.78, 5) is 19.3. The molecule has 0 aliphatic heterocycles. The number of carbonyl (C=O) groups is 1. The van der Waals surface area contributed by atoms with E-state index in [2.05, 4.69) is 4.98 Å². The maximum absolute atomic E-state index is 13.8. The Morgan fingerprint density at radius 1 is 1.04 bits per heavy atom. The summed E-state index contributed by atoms with van der Waals surface area (Å²) in [5, 5.41) is 0.553. The van der Waals surface area contributed by atoms with Gasteiger partial charge in [0.1, 0.15) is 0 Å². The average Bonchev–Trinajstić information content (AvgIpc) is 3.12. The molecular formula is C22H17FN2O2S. The molecule has 1 heterocycles. The van der Waals surface area contributed by atoms with Crippen LogP contribution in [0.5, 0.6) is 5.75 Å². The first-order valence-corrected chi connectivity index (χ1v) is 9.56. The number of anilines is 2. The van der Waals surface area contributed by atoms with E-state index in [9.17, 15) is 9.18 Å². The lowest BCUT2D eigenvalue weighted by Gasteiger charge is -2.22. The molecule has 0 atom stereocenters. The van der Waals surface area contributed by atoms with E-state index in [4.69, 9.17) is 4.74 Å². The van der Waals surface area contributed by atoms with E-state index in [0.717, 1.165) is 21.5 Å². The van der Waals surface area contributed by atoms with E-state index in [1.165, 1.54) is 23.5 Å². The first-order chi connectivity index (χ1) is 13.6. The molecule has 0 saturated carbocycles. The molecule has 4 nitrogen and oxygen atoms in total. The fraction of sp³-hybridized carbons (Fsp3) is 0.0909. The smallest absolute Gasteiger partial charge is 0.271 e. The Morgan fingerprint density at radius 3 is 2.54 bits per heavy atom. The Bertz CT molecular complexity index is 1110. The number of nitrogens with zero attached hydrogens (tertiary/aromatic N) is 2. The second-order valence-electron chi connectivity index (χ2n) is 6.20. The van der Waals surface area contributed by atoms with Crippen molar-refractivity contribution < 1.29 is 13.9 Å². The van der Waals surface area contributed by atoms with Crippen LogP contribution in [0.2, 0.25) is 0 Å². The van der Waals surface area contributed by atoms with Crippen molar-refractivity contribution in [3.63, 3.8) is 0 Å². The van der Waals surface area contributed by atoms with Gasteiger partial charge in [0.25, 0.3) is 5.91 Å². The molecule has 6 heteroatoms. The maximum atomic E-state index is 13.8. The van der Waals surface area contributed by atoms with E-state index < -0.39 is 5.82 Å². The van der Waals surface area contributed by atoms with Crippen molar-refractivity contribution in [1.82, 2.24) is 4.98 Å². The SMILES string of the molecule is Cc1ccccc1N(C(=O)COc1ccccc1F)c1nc2ccccc2s1. The zero-order chi connectivity index (χ0) is 19.5. The van der Waals surface area contributed by atoms with Crippen molar-refractivity contribution in [3.8, 4) is 5.75 Å². The van der Waals surface area contributed by atoms with Gasteiger partial charge in [0.2, 0.25) is 0 Å². The van der Waals surface area contributed by atoms with Crippen LogP contribution in [0.25, 0.3) is 10.2 Å². The van der Waals surface area contributed by atoms with E-state index in [1.807, 2.05) is 55.5 Å². The van der Waals surface area contributed by atoms with Crippen LogP contribution in [0.3, 0.4) is 0 Å². The molecule has 1 aromatic heterocycles. The summed E-state index contributed by atoms with van der Waals surface area (Å²) in [6.45, 7) is 1.63. The molecule has 0 aliphatic rings. The van der Waals surface area contributed by atoms with Crippen molar-refractivity contribution in [3.05, 3.63) is 84.2 Å². The second kappa shape index (κ2) is 7.78. The highest BCUT2D eigenvalue weighted by atomic mass is 32.1. The molecular weight excluding hydrogens is 375 g/mol. The minimum absolute atomic E-state index is 0.0462. The van der Waals surface area contributed by atoms with Crippen molar-refractivity contribution in [2.75, 3.05) is 11.5 Å². The van der Waals surface area contributed by atoms with E-state index in [-0.39, 0.29) is 18.3 Å². The van der Waals surface area contributed by atoms with Gasteiger partial charge in [0, 0.05) is 0 Å². The van der Waals surface area contributed by atoms with Crippen molar-refractivity contribution in [2.24, 2.45) is 0 Å². The molecule has 0 N–H and O–H groups in total. The third-order valence-electron chi connectivity index (χ3n) is 4.27. The molecule has 0 spiro atoms. The van der Waals surface area contributed by atoms with Crippen LogP contribution in [-0.4, -0.2) is 17.5 Å². The summed E-state index contributed by atoms with van der Waals surface area (Å²) in [5.74, 6) is -0.778. The quantitative estimate of drug-likeness (QED) is 0.451. The van der Waals surface area contributed by atoms with Gasteiger partial charge in [0.15, 0.2) is 23.3 Å². The molecule has 4 aromatic rings. The first-order valence-electron chi connectivity index (χ1n) is 8.75. The standard InChI is InChI=1S/C22H17FN2O2S/c1-15-8-2-5-11-18(15)25(22-24-17-10-4-7-13-20(17)28-22)21(26)14-27-19-12-6-3-9-16(19)23/h2-13H,14H2,1H3. The van der Waals surface area contributed by atoms with Crippen LogP contribution in [0.15, 0.2) is 72.8 Å². The highest BCUT2D eigenvalue weighted by Crippen LogP contribution is 2.35. The third-order valence-corrected chi connectivity index (χ3v) is 5.29. The number of rotatable bonds is 5. The summed E-state index contributed by atoms with van der Waals surface area (Å²) in [7, 11) is 0. The number of benzene rings is 3. The number of fused-ring (bicyclic) bond motifs is 1. The van der Waals surface area contributed by atoms with Crippen LogP contribution in [-0.2, 0) is 4.79 Å². The zero-order valence-corrected chi connectivity index (χ0v) is 15.9. The number of aryl methyl sites for hydroxylation is 1. The second-order valence-corrected chi connectivity index (χ2v) is 7.21.